The SMILES string of the molecule is CC(C)(C)CC(C1CCC(C(=O)OCC(=O)OC(C)(C)C23CC4CC(C2)C(C4)C3)CC1)C(C)(C)C. The molecular formula is C31H52O4. The average molecular weight is 489 g/mol. The maximum atomic E-state index is 12.8. The first-order chi connectivity index (χ1) is 16.1. The summed E-state index contributed by atoms with van der Waals surface area (Å²) in [6, 6.07) is 0. The lowest BCUT2D eigenvalue weighted by molar-refractivity contribution is -0.184. The summed E-state index contributed by atoms with van der Waals surface area (Å²) in [6.45, 7) is 18.0. The van der Waals surface area contributed by atoms with E-state index in [4.69, 9.17) is 9.47 Å². The summed E-state index contributed by atoms with van der Waals surface area (Å²) < 4.78 is 11.5. The summed E-state index contributed by atoms with van der Waals surface area (Å²) in [7, 11) is 0. The number of hydrogen-bond acceptors (Lipinski definition) is 4. The fourth-order valence-electron chi connectivity index (χ4n) is 8.82. The van der Waals surface area contributed by atoms with Crippen molar-refractivity contribution in [3.05, 3.63) is 0 Å². The molecule has 0 amide bonds. The van der Waals surface area contributed by atoms with E-state index in [9.17, 15) is 9.59 Å². The molecule has 0 aromatic heterocycles. The van der Waals surface area contributed by atoms with Crippen molar-refractivity contribution in [2.24, 2.45) is 51.8 Å². The van der Waals surface area contributed by atoms with Gasteiger partial charge in [-0.25, -0.2) is 4.79 Å². The number of hydrogen-bond donors (Lipinski definition) is 0. The fourth-order valence-corrected chi connectivity index (χ4v) is 8.82. The Labute approximate surface area is 214 Å². The molecule has 200 valence electrons. The topological polar surface area (TPSA) is 52.6 Å². The van der Waals surface area contributed by atoms with Crippen LogP contribution in [0.2, 0.25) is 0 Å². The van der Waals surface area contributed by atoms with Crippen LogP contribution in [0.1, 0.15) is 120 Å². The molecule has 5 saturated carbocycles. The molecule has 0 saturated heterocycles. The molecule has 5 fully saturated rings. The summed E-state index contributed by atoms with van der Waals surface area (Å²) in [6.07, 6.45) is 11.4. The van der Waals surface area contributed by atoms with Gasteiger partial charge in [0.1, 0.15) is 5.60 Å². The minimum Gasteiger partial charge on any atom is -0.457 e. The maximum absolute atomic E-state index is 12.8. The zero-order chi connectivity index (χ0) is 25.8. The second kappa shape index (κ2) is 9.35. The highest BCUT2D eigenvalue weighted by Gasteiger charge is 2.62. The summed E-state index contributed by atoms with van der Waals surface area (Å²) in [4.78, 5) is 25.6. The van der Waals surface area contributed by atoms with Crippen LogP contribution in [0, 0.1) is 51.8 Å². The highest BCUT2D eigenvalue weighted by atomic mass is 16.6. The van der Waals surface area contributed by atoms with Crippen LogP contribution in [0.5, 0.6) is 0 Å². The number of rotatable bonds is 7. The van der Waals surface area contributed by atoms with E-state index in [-0.39, 0.29) is 35.3 Å². The highest BCUT2D eigenvalue weighted by molar-refractivity contribution is 5.78. The molecule has 4 heteroatoms. The molecular weight excluding hydrogens is 436 g/mol. The molecule has 5 rings (SSSR count). The smallest absolute Gasteiger partial charge is 0.344 e. The van der Waals surface area contributed by atoms with Crippen LogP contribution in [0.3, 0.4) is 0 Å². The van der Waals surface area contributed by atoms with Gasteiger partial charge in [-0.3, -0.25) is 4.79 Å². The monoisotopic (exact) mass is 488 g/mol. The van der Waals surface area contributed by atoms with E-state index in [0.717, 1.165) is 43.4 Å². The number of carbonyl (C=O) groups excluding carboxylic acids is 2. The van der Waals surface area contributed by atoms with E-state index in [2.05, 4.69) is 55.4 Å². The Bertz CT molecular complexity index is 770. The Morgan fingerprint density at radius 3 is 1.91 bits per heavy atom. The lowest BCUT2D eigenvalue weighted by Crippen LogP contribution is -2.49. The second-order valence-corrected chi connectivity index (χ2v) is 15.7. The van der Waals surface area contributed by atoms with Crippen molar-refractivity contribution in [1.29, 1.82) is 0 Å². The third kappa shape index (κ3) is 5.77. The van der Waals surface area contributed by atoms with Gasteiger partial charge in [0.25, 0.3) is 0 Å². The van der Waals surface area contributed by atoms with Gasteiger partial charge < -0.3 is 9.47 Å². The molecule has 4 nitrogen and oxygen atoms in total. The molecule has 5 aliphatic rings. The molecule has 3 unspecified atom stereocenters. The average Bonchev–Trinajstić information content (AvgIpc) is 3.16. The van der Waals surface area contributed by atoms with Crippen LogP contribution in [0.15, 0.2) is 0 Å². The first-order valence-corrected chi connectivity index (χ1v) is 14.5. The van der Waals surface area contributed by atoms with Gasteiger partial charge in [0.2, 0.25) is 0 Å². The van der Waals surface area contributed by atoms with E-state index in [0.29, 0.717) is 17.3 Å². The van der Waals surface area contributed by atoms with Gasteiger partial charge in [0, 0.05) is 5.41 Å². The Kier molecular flexibility index (Phi) is 7.21. The number of carbonyl (C=O) groups is 2. The molecule has 0 aromatic rings. The van der Waals surface area contributed by atoms with Crippen molar-refractivity contribution in [3.63, 3.8) is 0 Å². The molecule has 3 atom stereocenters. The van der Waals surface area contributed by atoms with E-state index in [1.807, 2.05) is 0 Å². The van der Waals surface area contributed by atoms with Gasteiger partial charge in [0.15, 0.2) is 6.61 Å². The normalized spacial score (nSPS) is 35.7. The first kappa shape index (κ1) is 27.0. The highest BCUT2D eigenvalue weighted by Crippen LogP contribution is 2.68. The van der Waals surface area contributed by atoms with Crippen LogP contribution in [-0.2, 0) is 19.1 Å². The Hall–Kier alpha value is -1.06. The Morgan fingerprint density at radius 2 is 1.43 bits per heavy atom. The molecule has 0 aliphatic heterocycles. The zero-order valence-corrected chi connectivity index (χ0v) is 23.9. The lowest BCUT2D eigenvalue weighted by Gasteiger charge is -2.48. The van der Waals surface area contributed by atoms with Gasteiger partial charge in [0.05, 0.1) is 5.92 Å². The number of esters is 2. The van der Waals surface area contributed by atoms with Crippen molar-refractivity contribution >= 4 is 11.9 Å². The number of ether oxygens (including phenoxy) is 2. The largest absolute Gasteiger partial charge is 0.457 e. The predicted octanol–water partition coefficient (Wildman–Crippen LogP) is 7.58. The quantitative estimate of drug-likeness (QED) is 0.347. The maximum Gasteiger partial charge on any atom is 0.344 e. The standard InChI is InChI=1S/C31H52O4/c1-28(2,3)18-25(29(4,5)6)21-9-11-22(12-10-21)27(33)34-19-26(32)35-30(7,8)31-15-20-13-23(16-31)24(14-20)17-31/h20-25H,9-19H2,1-8H3. The molecule has 0 N–H and O–H groups in total. The molecule has 4 bridgehead atoms. The Balaban J connectivity index is 1.24. The zero-order valence-electron chi connectivity index (χ0n) is 23.9. The van der Waals surface area contributed by atoms with Gasteiger partial charge in [-0.1, -0.05) is 41.5 Å². The summed E-state index contributed by atoms with van der Waals surface area (Å²) >= 11 is 0. The minimum absolute atomic E-state index is 0.0815. The lowest BCUT2D eigenvalue weighted by atomic mass is 9.61. The van der Waals surface area contributed by atoms with E-state index in [1.54, 1.807) is 0 Å². The summed E-state index contributed by atoms with van der Waals surface area (Å²) in [5.41, 5.74) is 0.201. The van der Waals surface area contributed by atoms with Gasteiger partial charge in [-0.05, 0) is 118 Å². The Morgan fingerprint density at radius 1 is 0.857 bits per heavy atom. The molecule has 35 heavy (non-hydrogen) atoms. The molecule has 0 heterocycles. The van der Waals surface area contributed by atoms with Crippen LogP contribution in [0.4, 0.5) is 0 Å². The second-order valence-electron chi connectivity index (χ2n) is 15.7. The van der Waals surface area contributed by atoms with Crippen molar-refractivity contribution in [3.8, 4) is 0 Å². The van der Waals surface area contributed by atoms with Crippen molar-refractivity contribution < 1.29 is 19.1 Å². The van der Waals surface area contributed by atoms with E-state index >= 15 is 0 Å². The molecule has 0 aromatic carbocycles. The molecule has 5 aliphatic carbocycles. The van der Waals surface area contributed by atoms with Crippen LogP contribution < -0.4 is 0 Å². The van der Waals surface area contributed by atoms with Gasteiger partial charge in [-0.2, -0.15) is 0 Å². The van der Waals surface area contributed by atoms with Crippen molar-refractivity contribution in [2.75, 3.05) is 6.61 Å². The van der Waals surface area contributed by atoms with Crippen LogP contribution >= 0.6 is 0 Å². The predicted molar refractivity (Wildman–Crippen MR) is 140 cm³/mol. The van der Waals surface area contributed by atoms with Gasteiger partial charge >= 0.3 is 11.9 Å². The van der Waals surface area contributed by atoms with Crippen molar-refractivity contribution in [2.45, 2.75) is 125 Å². The molecule has 0 spiro atoms. The first-order valence-electron chi connectivity index (χ1n) is 14.5. The van der Waals surface area contributed by atoms with E-state index in [1.165, 1.54) is 38.5 Å². The van der Waals surface area contributed by atoms with Crippen molar-refractivity contribution in [1.82, 2.24) is 0 Å². The minimum atomic E-state index is -0.490. The van der Waals surface area contributed by atoms with E-state index < -0.39 is 5.60 Å². The van der Waals surface area contributed by atoms with Crippen LogP contribution in [0.25, 0.3) is 0 Å². The third-order valence-corrected chi connectivity index (χ3v) is 10.5. The van der Waals surface area contributed by atoms with Gasteiger partial charge in [-0.15, -0.1) is 0 Å². The molecule has 0 radical (unpaired) electrons. The third-order valence-electron chi connectivity index (χ3n) is 10.5. The fraction of sp³-hybridized carbons (Fsp3) is 0.935. The van der Waals surface area contributed by atoms with Crippen LogP contribution in [-0.4, -0.2) is 24.1 Å². The summed E-state index contributed by atoms with van der Waals surface area (Å²) in [5.74, 6) is 3.12. The summed E-state index contributed by atoms with van der Waals surface area (Å²) in [5, 5.41) is 0.